The lowest BCUT2D eigenvalue weighted by atomic mass is 9.96. The maximum absolute atomic E-state index is 14.4. The first kappa shape index (κ1) is 32.3. The standard InChI is InChI=1S/C30H39F2N5O5/c1-8-16(2)23(34-26(38)17(3)36(7)29(41)42-30(4,5)6)28(40)37-15-18-12-13-19(33)14-20(18)25(37)27(39)35-24-21(31)10-9-11-22(24)32/h9-14,16-17,23,25H,8,15,33H2,1-7H3,(H,34,38)(H,35,39)/t16-,17-,23?,25?/m0/s1. The average Bonchev–Trinajstić information content (AvgIpc) is 3.29. The zero-order valence-corrected chi connectivity index (χ0v) is 25.0. The molecule has 1 aliphatic heterocycles. The molecule has 0 aromatic heterocycles. The fourth-order valence-electron chi connectivity index (χ4n) is 4.55. The number of nitrogens with zero attached hydrogens (tertiary/aromatic N) is 2. The lowest BCUT2D eigenvalue weighted by molar-refractivity contribution is -0.143. The summed E-state index contributed by atoms with van der Waals surface area (Å²) in [4.78, 5) is 55.9. The minimum absolute atomic E-state index is 0.00244. The molecule has 1 heterocycles. The molecule has 4 amide bonds. The molecular weight excluding hydrogens is 548 g/mol. The van der Waals surface area contributed by atoms with Gasteiger partial charge in [-0.15, -0.1) is 0 Å². The van der Waals surface area contributed by atoms with Crippen LogP contribution in [-0.2, 0) is 25.7 Å². The predicted octanol–water partition coefficient (Wildman–Crippen LogP) is 4.36. The summed E-state index contributed by atoms with van der Waals surface area (Å²) in [5, 5.41) is 5.04. The molecule has 4 atom stereocenters. The summed E-state index contributed by atoms with van der Waals surface area (Å²) >= 11 is 0. The van der Waals surface area contributed by atoms with Crippen LogP contribution < -0.4 is 16.4 Å². The van der Waals surface area contributed by atoms with Crippen LogP contribution in [0.25, 0.3) is 0 Å². The van der Waals surface area contributed by atoms with Gasteiger partial charge in [0.25, 0.3) is 5.91 Å². The van der Waals surface area contributed by atoms with E-state index in [1.807, 2.05) is 6.92 Å². The normalized spacial score (nSPS) is 16.6. The van der Waals surface area contributed by atoms with Gasteiger partial charge in [0, 0.05) is 19.3 Å². The van der Waals surface area contributed by atoms with E-state index in [4.69, 9.17) is 10.5 Å². The molecule has 0 saturated carbocycles. The van der Waals surface area contributed by atoms with Crippen molar-refractivity contribution in [3.05, 3.63) is 59.2 Å². The molecule has 4 N–H and O–H groups in total. The SMILES string of the molecule is CC[C@H](C)C(NC(=O)[C@H](C)N(C)C(=O)OC(C)(C)C)C(=O)N1Cc2ccc(N)cc2C1C(=O)Nc1c(F)cccc1F. The lowest BCUT2D eigenvalue weighted by Crippen LogP contribution is -2.56. The number of carbonyl (C=O) groups excluding carboxylic acids is 4. The Morgan fingerprint density at radius 3 is 2.31 bits per heavy atom. The number of para-hydroxylation sites is 1. The topological polar surface area (TPSA) is 134 Å². The molecular formula is C30H39F2N5O5. The molecule has 0 saturated heterocycles. The number of nitrogens with one attached hydrogen (secondary N) is 2. The molecule has 10 nitrogen and oxygen atoms in total. The number of ether oxygens (including phenoxy) is 1. The Labute approximate surface area is 244 Å². The number of nitrogen functional groups attached to an aromatic ring is 1. The first-order chi connectivity index (χ1) is 19.5. The van der Waals surface area contributed by atoms with Crippen LogP contribution >= 0.6 is 0 Å². The minimum atomic E-state index is -1.28. The number of hydrogen-bond donors (Lipinski definition) is 3. The Hall–Kier alpha value is -4.22. The van der Waals surface area contributed by atoms with Gasteiger partial charge in [0.05, 0.1) is 0 Å². The van der Waals surface area contributed by atoms with Crippen LogP contribution in [0, 0.1) is 17.6 Å². The molecule has 0 fully saturated rings. The third-order valence-corrected chi connectivity index (χ3v) is 7.28. The van der Waals surface area contributed by atoms with E-state index in [1.165, 1.54) is 24.9 Å². The summed E-state index contributed by atoms with van der Waals surface area (Å²) in [5.74, 6) is -4.34. The predicted molar refractivity (Wildman–Crippen MR) is 154 cm³/mol. The first-order valence-corrected chi connectivity index (χ1v) is 13.8. The van der Waals surface area contributed by atoms with E-state index < -0.39 is 64.9 Å². The molecule has 0 bridgehead atoms. The molecule has 42 heavy (non-hydrogen) atoms. The highest BCUT2D eigenvalue weighted by Crippen LogP contribution is 2.37. The van der Waals surface area contributed by atoms with E-state index >= 15 is 0 Å². The number of benzene rings is 2. The van der Waals surface area contributed by atoms with Crippen molar-refractivity contribution in [2.45, 2.75) is 78.2 Å². The molecule has 12 heteroatoms. The number of likely N-dealkylation sites (N-methyl/N-ethyl adjacent to an activating group) is 1. The third-order valence-electron chi connectivity index (χ3n) is 7.28. The van der Waals surface area contributed by atoms with Gasteiger partial charge in [0.1, 0.15) is 41.0 Å². The Morgan fingerprint density at radius 1 is 1.12 bits per heavy atom. The quantitative estimate of drug-likeness (QED) is 0.393. The summed E-state index contributed by atoms with van der Waals surface area (Å²) < 4.78 is 34.1. The van der Waals surface area contributed by atoms with Crippen LogP contribution in [0.3, 0.4) is 0 Å². The summed E-state index contributed by atoms with van der Waals surface area (Å²) in [6.45, 7) is 10.2. The molecule has 0 aliphatic carbocycles. The van der Waals surface area contributed by atoms with Crippen LogP contribution in [0.5, 0.6) is 0 Å². The Kier molecular flexibility index (Phi) is 9.80. The summed E-state index contributed by atoms with van der Waals surface area (Å²) in [6.07, 6.45) is -0.209. The number of fused-ring (bicyclic) bond motifs is 1. The van der Waals surface area contributed by atoms with Gasteiger partial charge in [-0.2, -0.15) is 0 Å². The molecule has 2 aromatic carbocycles. The second-order valence-electron chi connectivity index (χ2n) is 11.6. The second-order valence-corrected chi connectivity index (χ2v) is 11.6. The van der Waals surface area contributed by atoms with Crippen molar-refractivity contribution >= 4 is 35.2 Å². The fraction of sp³-hybridized carbons (Fsp3) is 0.467. The zero-order chi connectivity index (χ0) is 31.5. The minimum Gasteiger partial charge on any atom is -0.444 e. The fourth-order valence-corrected chi connectivity index (χ4v) is 4.55. The lowest BCUT2D eigenvalue weighted by Gasteiger charge is -2.33. The van der Waals surface area contributed by atoms with Crippen molar-refractivity contribution in [1.29, 1.82) is 0 Å². The van der Waals surface area contributed by atoms with Gasteiger partial charge in [-0.25, -0.2) is 13.6 Å². The van der Waals surface area contributed by atoms with Gasteiger partial charge in [-0.1, -0.05) is 32.4 Å². The van der Waals surface area contributed by atoms with Crippen LogP contribution in [-0.4, -0.2) is 58.3 Å². The van der Waals surface area contributed by atoms with Crippen LogP contribution in [0.2, 0.25) is 0 Å². The van der Waals surface area contributed by atoms with Crippen LogP contribution in [0.1, 0.15) is 65.1 Å². The average molecular weight is 588 g/mol. The Balaban J connectivity index is 1.92. The summed E-state index contributed by atoms with van der Waals surface area (Å²) in [6, 6.07) is 4.68. The van der Waals surface area contributed by atoms with Gasteiger partial charge < -0.3 is 26.0 Å². The monoisotopic (exact) mass is 587 g/mol. The van der Waals surface area contributed by atoms with Crippen molar-refractivity contribution in [2.75, 3.05) is 18.1 Å². The maximum Gasteiger partial charge on any atom is 0.410 e. The Bertz CT molecular complexity index is 1340. The number of halogens is 2. The largest absolute Gasteiger partial charge is 0.444 e. The number of amides is 4. The molecule has 0 radical (unpaired) electrons. The van der Waals surface area contributed by atoms with E-state index in [9.17, 15) is 28.0 Å². The molecule has 0 spiro atoms. The molecule has 2 unspecified atom stereocenters. The van der Waals surface area contributed by atoms with Gasteiger partial charge in [-0.3, -0.25) is 19.3 Å². The highest BCUT2D eigenvalue weighted by Gasteiger charge is 2.43. The van der Waals surface area contributed by atoms with E-state index in [-0.39, 0.29) is 12.5 Å². The number of rotatable bonds is 8. The van der Waals surface area contributed by atoms with Gasteiger partial charge >= 0.3 is 6.09 Å². The van der Waals surface area contributed by atoms with Gasteiger partial charge in [0.2, 0.25) is 11.8 Å². The summed E-state index contributed by atoms with van der Waals surface area (Å²) in [5.41, 5.74) is 5.94. The molecule has 3 rings (SSSR count). The van der Waals surface area contributed by atoms with Crippen molar-refractivity contribution < 1.29 is 32.7 Å². The van der Waals surface area contributed by atoms with Gasteiger partial charge in [0.15, 0.2) is 0 Å². The zero-order valence-electron chi connectivity index (χ0n) is 25.0. The number of carbonyl (C=O) groups is 4. The number of nitrogens with two attached hydrogens (primary N) is 1. The highest BCUT2D eigenvalue weighted by molar-refractivity contribution is 6.00. The molecule has 2 aromatic rings. The Morgan fingerprint density at radius 2 is 1.74 bits per heavy atom. The first-order valence-electron chi connectivity index (χ1n) is 13.8. The van der Waals surface area contributed by atoms with Crippen molar-refractivity contribution in [1.82, 2.24) is 15.1 Å². The number of hydrogen-bond acceptors (Lipinski definition) is 6. The van der Waals surface area contributed by atoms with E-state index in [0.29, 0.717) is 23.2 Å². The summed E-state index contributed by atoms with van der Waals surface area (Å²) in [7, 11) is 1.42. The molecule has 228 valence electrons. The van der Waals surface area contributed by atoms with Crippen molar-refractivity contribution in [3.63, 3.8) is 0 Å². The van der Waals surface area contributed by atoms with E-state index in [2.05, 4.69) is 10.6 Å². The second kappa shape index (κ2) is 12.7. The maximum atomic E-state index is 14.4. The number of anilines is 2. The van der Waals surface area contributed by atoms with E-state index in [0.717, 1.165) is 17.0 Å². The van der Waals surface area contributed by atoms with E-state index in [1.54, 1.807) is 45.9 Å². The molecule has 1 aliphatic rings. The highest BCUT2D eigenvalue weighted by atomic mass is 19.1. The third kappa shape index (κ3) is 7.15. The van der Waals surface area contributed by atoms with Crippen molar-refractivity contribution in [3.8, 4) is 0 Å². The smallest absolute Gasteiger partial charge is 0.410 e. The van der Waals surface area contributed by atoms with Crippen molar-refractivity contribution in [2.24, 2.45) is 5.92 Å². The van der Waals surface area contributed by atoms with Gasteiger partial charge in [-0.05, 0) is 69.0 Å². The van der Waals surface area contributed by atoms with Crippen LogP contribution in [0.4, 0.5) is 25.0 Å². The van der Waals surface area contributed by atoms with Crippen LogP contribution in [0.15, 0.2) is 36.4 Å².